The maximum Gasteiger partial charge on any atom is 0.0928 e. The SMILES string of the molecule is COCC(CNC(C)C1CCCC1)OC. The van der Waals surface area contributed by atoms with E-state index in [1.165, 1.54) is 25.7 Å². The summed E-state index contributed by atoms with van der Waals surface area (Å²) in [6.07, 6.45) is 5.76. The van der Waals surface area contributed by atoms with Gasteiger partial charge in [0, 0.05) is 26.8 Å². The second-order valence-corrected chi connectivity index (χ2v) is 4.55. The first kappa shape index (κ1) is 12.9. The molecule has 0 aromatic rings. The van der Waals surface area contributed by atoms with Crippen LogP contribution in [-0.2, 0) is 9.47 Å². The molecule has 3 heteroatoms. The molecule has 1 rings (SSSR count). The van der Waals surface area contributed by atoms with E-state index >= 15 is 0 Å². The Morgan fingerprint density at radius 2 is 1.93 bits per heavy atom. The molecule has 1 aliphatic carbocycles. The molecule has 0 aromatic carbocycles. The van der Waals surface area contributed by atoms with E-state index in [0.29, 0.717) is 12.6 Å². The van der Waals surface area contributed by atoms with Crippen LogP contribution in [0.4, 0.5) is 0 Å². The van der Waals surface area contributed by atoms with E-state index in [0.717, 1.165) is 12.5 Å². The summed E-state index contributed by atoms with van der Waals surface area (Å²) >= 11 is 0. The minimum absolute atomic E-state index is 0.179. The largest absolute Gasteiger partial charge is 0.382 e. The van der Waals surface area contributed by atoms with E-state index in [1.807, 2.05) is 0 Å². The van der Waals surface area contributed by atoms with Gasteiger partial charge in [0.1, 0.15) is 0 Å². The van der Waals surface area contributed by atoms with Gasteiger partial charge in [0.05, 0.1) is 12.7 Å². The molecular formula is C12H25NO2. The molecule has 0 amide bonds. The summed E-state index contributed by atoms with van der Waals surface area (Å²) in [5.74, 6) is 0.866. The molecule has 3 nitrogen and oxygen atoms in total. The second-order valence-electron chi connectivity index (χ2n) is 4.55. The van der Waals surface area contributed by atoms with Crippen LogP contribution in [0.3, 0.4) is 0 Å². The molecule has 1 N–H and O–H groups in total. The van der Waals surface area contributed by atoms with Gasteiger partial charge in [0.25, 0.3) is 0 Å². The van der Waals surface area contributed by atoms with Crippen LogP contribution in [0, 0.1) is 5.92 Å². The predicted octanol–water partition coefficient (Wildman–Crippen LogP) is 1.82. The van der Waals surface area contributed by atoms with Crippen molar-refractivity contribution in [3.63, 3.8) is 0 Å². The van der Waals surface area contributed by atoms with Crippen molar-refractivity contribution in [2.75, 3.05) is 27.4 Å². The Hall–Kier alpha value is -0.120. The lowest BCUT2D eigenvalue weighted by molar-refractivity contribution is 0.0266. The van der Waals surface area contributed by atoms with Crippen LogP contribution in [0.15, 0.2) is 0 Å². The van der Waals surface area contributed by atoms with Crippen molar-refractivity contribution in [1.82, 2.24) is 5.32 Å². The van der Waals surface area contributed by atoms with Gasteiger partial charge in [-0.1, -0.05) is 12.8 Å². The quantitative estimate of drug-likeness (QED) is 0.702. The van der Waals surface area contributed by atoms with Crippen molar-refractivity contribution in [3.8, 4) is 0 Å². The highest BCUT2D eigenvalue weighted by Crippen LogP contribution is 2.27. The zero-order valence-corrected chi connectivity index (χ0v) is 10.3. The van der Waals surface area contributed by atoms with Gasteiger partial charge in [0.2, 0.25) is 0 Å². The average Bonchev–Trinajstić information content (AvgIpc) is 2.77. The van der Waals surface area contributed by atoms with Crippen LogP contribution in [0.2, 0.25) is 0 Å². The smallest absolute Gasteiger partial charge is 0.0928 e. The number of methoxy groups -OCH3 is 2. The van der Waals surface area contributed by atoms with Crippen molar-refractivity contribution in [3.05, 3.63) is 0 Å². The standard InChI is InChI=1S/C12H25NO2/c1-10(11-6-4-5-7-11)13-8-12(15-3)9-14-2/h10-13H,4-9H2,1-3H3. The molecule has 1 fully saturated rings. The van der Waals surface area contributed by atoms with Crippen LogP contribution in [-0.4, -0.2) is 39.5 Å². The lowest BCUT2D eigenvalue weighted by Crippen LogP contribution is -2.39. The van der Waals surface area contributed by atoms with E-state index in [2.05, 4.69) is 12.2 Å². The molecular weight excluding hydrogens is 190 g/mol. The molecule has 0 aliphatic heterocycles. The molecule has 0 bridgehead atoms. The van der Waals surface area contributed by atoms with Gasteiger partial charge in [-0.25, -0.2) is 0 Å². The lowest BCUT2D eigenvalue weighted by atomic mass is 10.00. The molecule has 0 saturated heterocycles. The number of rotatable bonds is 7. The predicted molar refractivity (Wildman–Crippen MR) is 62.1 cm³/mol. The Kier molecular flexibility index (Phi) is 6.22. The molecule has 1 saturated carbocycles. The van der Waals surface area contributed by atoms with Gasteiger partial charge >= 0.3 is 0 Å². The third-order valence-electron chi connectivity index (χ3n) is 3.46. The van der Waals surface area contributed by atoms with Crippen molar-refractivity contribution in [1.29, 1.82) is 0 Å². The highest BCUT2D eigenvalue weighted by atomic mass is 16.5. The fourth-order valence-electron chi connectivity index (χ4n) is 2.34. The maximum atomic E-state index is 5.32. The Morgan fingerprint density at radius 1 is 1.27 bits per heavy atom. The molecule has 2 unspecified atom stereocenters. The van der Waals surface area contributed by atoms with Crippen LogP contribution < -0.4 is 5.32 Å². The summed E-state index contributed by atoms with van der Waals surface area (Å²) in [6, 6.07) is 0.613. The van der Waals surface area contributed by atoms with Gasteiger partial charge in [-0.3, -0.25) is 0 Å². The third-order valence-corrected chi connectivity index (χ3v) is 3.46. The first-order valence-corrected chi connectivity index (χ1v) is 6.03. The number of hydrogen-bond donors (Lipinski definition) is 1. The van der Waals surface area contributed by atoms with Crippen molar-refractivity contribution >= 4 is 0 Å². The fourth-order valence-corrected chi connectivity index (χ4v) is 2.34. The Bertz CT molecular complexity index is 158. The lowest BCUT2D eigenvalue weighted by Gasteiger charge is -2.23. The summed E-state index contributed by atoms with van der Waals surface area (Å²) in [6.45, 7) is 3.85. The summed E-state index contributed by atoms with van der Waals surface area (Å²) in [5.41, 5.74) is 0. The number of ether oxygens (including phenoxy) is 2. The molecule has 0 aromatic heterocycles. The van der Waals surface area contributed by atoms with Gasteiger partial charge in [0.15, 0.2) is 0 Å². The van der Waals surface area contributed by atoms with Crippen LogP contribution in [0.1, 0.15) is 32.6 Å². The maximum absolute atomic E-state index is 5.32. The van der Waals surface area contributed by atoms with Crippen molar-refractivity contribution in [2.45, 2.75) is 44.8 Å². The highest BCUT2D eigenvalue weighted by Gasteiger charge is 2.21. The topological polar surface area (TPSA) is 30.5 Å². The molecule has 2 atom stereocenters. The van der Waals surface area contributed by atoms with E-state index < -0.39 is 0 Å². The summed E-state index contributed by atoms with van der Waals surface area (Å²) in [5, 5.41) is 3.56. The first-order chi connectivity index (χ1) is 7.27. The molecule has 0 spiro atoms. The first-order valence-electron chi connectivity index (χ1n) is 6.03. The number of hydrogen-bond acceptors (Lipinski definition) is 3. The van der Waals surface area contributed by atoms with Crippen LogP contribution in [0.25, 0.3) is 0 Å². The normalized spacial score (nSPS) is 21.8. The monoisotopic (exact) mass is 215 g/mol. The molecule has 0 heterocycles. The minimum Gasteiger partial charge on any atom is -0.382 e. The van der Waals surface area contributed by atoms with Crippen molar-refractivity contribution < 1.29 is 9.47 Å². The molecule has 15 heavy (non-hydrogen) atoms. The highest BCUT2D eigenvalue weighted by molar-refractivity contribution is 4.78. The van der Waals surface area contributed by atoms with E-state index in [4.69, 9.17) is 9.47 Å². The van der Waals surface area contributed by atoms with Gasteiger partial charge < -0.3 is 14.8 Å². The van der Waals surface area contributed by atoms with Crippen molar-refractivity contribution in [2.24, 2.45) is 5.92 Å². The van der Waals surface area contributed by atoms with E-state index in [-0.39, 0.29) is 6.10 Å². The second kappa shape index (κ2) is 7.20. The summed E-state index contributed by atoms with van der Waals surface area (Å²) < 4.78 is 10.4. The van der Waals surface area contributed by atoms with Crippen LogP contribution >= 0.6 is 0 Å². The zero-order valence-electron chi connectivity index (χ0n) is 10.3. The van der Waals surface area contributed by atoms with Gasteiger partial charge in [-0.15, -0.1) is 0 Å². The number of nitrogens with one attached hydrogen (secondary N) is 1. The van der Waals surface area contributed by atoms with Gasteiger partial charge in [-0.05, 0) is 25.7 Å². The minimum atomic E-state index is 0.179. The van der Waals surface area contributed by atoms with E-state index in [9.17, 15) is 0 Å². The zero-order chi connectivity index (χ0) is 11.1. The fraction of sp³-hybridized carbons (Fsp3) is 1.00. The summed E-state index contributed by atoms with van der Waals surface area (Å²) in [4.78, 5) is 0. The Labute approximate surface area is 93.5 Å². The Morgan fingerprint density at radius 3 is 2.47 bits per heavy atom. The average molecular weight is 215 g/mol. The van der Waals surface area contributed by atoms with E-state index in [1.54, 1.807) is 14.2 Å². The molecule has 0 radical (unpaired) electrons. The summed E-state index contributed by atoms with van der Waals surface area (Å²) in [7, 11) is 3.46. The molecule has 90 valence electrons. The van der Waals surface area contributed by atoms with Crippen LogP contribution in [0.5, 0.6) is 0 Å². The Balaban J connectivity index is 2.16. The molecule has 1 aliphatic rings. The third kappa shape index (κ3) is 4.49. The van der Waals surface area contributed by atoms with Gasteiger partial charge in [-0.2, -0.15) is 0 Å².